The van der Waals surface area contributed by atoms with E-state index >= 15 is 0 Å². The maximum Gasteiger partial charge on any atom is 0.234 e. The molecule has 0 radical (unpaired) electrons. The number of hydrogen-bond acceptors (Lipinski definition) is 5. The first-order valence-corrected chi connectivity index (χ1v) is 9.68. The van der Waals surface area contributed by atoms with Crippen LogP contribution in [0.2, 0.25) is 0 Å². The number of aromatic nitrogens is 1. The zero-order valence-corrected chi connectivity index (χ0v) is 19.3. The van der Waals surface area contributed by atoms with Crippen LogP contribution in [0.4, 0.5) is 0 Å². The molecule has 1 amide bonds. The molecule has 0 unspecified atom stereocenters. The highest BCUT2D eigenvalue weighted by atomic mass is 127. The SMILES string of the molecule is CN=C(NCCc1ncc(C)s1)N1CCN(CC(=O)NC(C)C)CC1.I. The van der Waals surface area contributed by atoms with E-state index in [9.17, 15) is 4.79 Å². The number of nitrogens with one attached hydrogen (secondary N) is 2. The summed E-state index contributed by atoms with van der Waals surface area (Å²) in [5.41, 5.74) is 0. The first-order valence-electron chi connectivity index (χ1n) is 8.86. The van der Waals surface area contributed by atoms with Gasteiger partial charge in [0.25, 0.3) is 0 Å². The monoisotopic (exact) mass is 494 g/mol. The first kappa shape index (κ1) is 23.1. The molecule has 9 heteroatoms. The van der Waals surface area contributed by atoms with Crippen molar-refractivity contribution in [2.24, 2.45) is 4.99 Å². The Labute approximate surface area is 177 Å². The number of carbonyl (C=O) groups excluding carboxylic acids is 1. The van der Waals surface area contributed by atoms with E-state index in [0.717, 1.165) is 50.1 Å². The highest BCUT2D eigenvalue weighted by Gasteiger charge is 2.21. The predicted molar refractivity (Wildman–Crippen MR) is 119 cm³/mol. The van der Waals surface area contributed by atoms with Crippen LogP contribution in [0.3, 0.4) is 0 Å². The molecule has 2 heterocycles. The van der Waals surface area contributed by atoms with Crippen molar-refractivity contribution >= 4 is 47.2 Å². The molecule has 2 N–H and O–H groups in total. The van der Waals surface area contributed by atoms with Gasteiger partial charge in [0, 0.05) is 63.3 Å². The smallest absolute Gasteiger partial charge is 0.234 e. The molecule has 0 atom stereocenters. The summed E-state index contributed by atoms with van der Waals surface area (Å²) in [6.45, 7) is 10.9. The number of aliphatic imine (C=N–C) groups is 1. The van der Waals surface area contributed by atoms with E-state index in [1.54, 1.807) is 11.3 Å². The maximum atomic E-state index is 11.9. The molecule has 0 spiro atoms. The molecular weight excluding hydrogens is 463 g/mol. The summed E-state index contributed by atoms with van der Waals surface area (Å²) in [6, 6.07) is 0.193. The van der Waals surface area contributed by atoms with Crippen molar-refractivity contribution in [1.82, 2.24) is 25.4 Å². The lowest BCUT2D eigenvalue weighted by Gasteiger charge is -2.36. The lowest BCUT2D eigenvalue weighted by atomic mass is 10.3. The number of piperazine rings is 1. The van der Waals surface area contributed by atoms with Gasteiger partial charge in [0.15, 0.2) is 5.96 Å². The number of thiazole rings is 1. The van der Waals surface area contributed by atoms with E-state index in [2.05, 4.69) is 37.3 Å². The van der Waals surface area contributed by atoms with E-state index in [1.807, 2.05) is 27.1 Å². The van der Waals surface area contributed by atoms with Gasteiger partial charge in [0.2, 0.25) is 5.91 Å². The summed E-state index contributed by atoms with van der Waals surface area (Å²) in [5, 5.41) is 7.52. The molecule has 1 fully saturated rings. The molecule has 0 bridgehead atoms. The van der Waals surface area contributed by atoms with Crippen molar-refractivity contribution < 1.29 is 4.79 Å². The molecule has 1 aromatic rings. The first-order chi connectivity index (χ1) is 12.0. The fourth-order valence-electron chi connectivity index (χ4n) is 2.82. The number of nitrogens with zero attached hydrogens (tertiary/aromatic N) is 4. The van der Waals surface area contributed by atoms with Gasteiger partial charge in [-0.05, 0) is 20.8 Å². The Morgan fingerprint density at radius 3 is 2.58 bits per heavy atom. The number of halogens is 1. The number of guanidine groups is 1. The lowest BCUT2D eigenvalue weighted by molar-refractivity contribution is -0.123. The summed E-state index contributed by atoms with van der Waals surface area (Å²) < 4.78 is 0. The Kier molecular flexibility index (Phi) is 10.4. The van der Waals surface area contributed by atoms with Gasteiger partial charge in [0.1, 0.15) is 0 Å². The van der Waals surface area contributed by atoms with E-state index in [-0.39, 0.29) is 35.9 Å². The fourth-order valence-corrected chi connectivity index (χ4v) is 3.61. The van der Waals surface area contributed by atoms with Crippen molar-refractivity contribution in [3.05, 3.63) is 16.1 Å². The Morgan fingerprint density at radius 2 is 2.04 bits per heavy atom. The van der Waals surface area contributed by atoms with Crippen LogP contribution < -0.4 is 10.6 Å². The van der Waals surface area contributed by atoms with E-state index in [4.69, 9.17) is 0 Å². The zero-order valence-electron chi connectivity index (χ0n) is 16.1. The second-order valence-electron chi connectivity index (χ2n) is 6.57. The zero-order chi connectivity index (χ0) is 18.2. The third-order valence-corrected chi connectivity index (χ3v) is 4.96. The van der Waals surface area contributed by atoms with Crippen LogP contribution >= 0.6 is 35.3 Å². The molecule has 0 aliphatic carbocycles. The largest absolute Gasteiger partial charge is 0.356 e. The molecule has 1 aromatic heterocycles. The average Bonchev–Trinajstić information content (AvgIpc) is 2.97. The average molecular weight is 494 g/mol. The fraction of sp³-hybridized carbons (Fsp3) is 0.706. The standard InChI is InChI=1S/C17H30N6OS.HI/c1-13(2)21-15(24)12-22-7-9-23(10-8-22)17(18-4)19-6-5-16-20-11-14(3)25-16;/h11,13H,5-10,12H2,1-4H3,(H,18,19)(H,21,24);1H. The minimum Gasteiger partial charge on any atom is -0.356 e. The molecule has 148 valence electrons. The minimum absolute atomic E-state index is 0. The third kappa shape index (κ3) is 7.75. The van der Waals surface area contributed by atoms with Crippen LogP contribution in [0.25, 0.3) is 0 Å². The van der Waals surface area contributed by atoms with Crippen LogP contribution in [0, 0.1) is 6.92 Å². The van der Waals surface area contributed by atoms with Gasteiger partial charge in [-0.15, -0.1) is 35.3 Å². The Hall–Kier alpha value is -0.940. The minimum atomic E-state index is 0. The summed E-state index contributed by atoms with van der Waals surface area (Å²) >= 11 is 1.74. The van der Waals surface area contributed by atoms with Crippen molar-refractivity contribution in [1.29, 1.82) is 0 Å². The Bertz CT molecular complexity index is 584. The lowest BCUT2D eigenvalue weighted by Crippen LogP contribution is -2.54. The second kappa shape index (κ2) is 11.7. The third-order valence-electron chi connectivity index (χ3n) is 3.99. The molecule has 1 aliphatic rings. The van der Waals surface area contributed by atoms with E-state index < -0.39 is 0 Å². The van der Waals surface area contributed by atoms with Crippen LogP contribution in [0.15, 0.2) is 11.2 Å². The highest BCUT2D eigenvalue weighted by molar-refractivity contribution is 14.0. The molecule has 1 aliphatic heterocycles. The molecule has 0 aromatic carbocycles. The summed E-state index contributed by atoms with van der Waals surface area (Å²) in [5.74, 6) is 1.03. The van der Waals surface area contributed by atoms with Crippen molar-refractivity contribution in [3.63, 3.8) is 0 Å². The normalized spacial score (nSPS) is 15.7. The van der Waals surface area contributed by atoms with Crippen molar-refractivity contribution in [3.8, 4) is 0 Å². The van der Waals surface area contributed by atoms with Gasteiger partial charge in [-0.25, -0.2) is 4.98 Å². The summed E-state index contributed by atoms with van der Waals surface area (Å²) in [7, 11) is 1.82. The predicted octanol–water partition coefficient (Wildman–Crippen LogP) is 1.33. The summed E-state index contributed by atoms with van der Waals surface area (Å²) in [6.07, 6.45) is 2.83. The molecule has 7 nitrogen and oxygen atoms in total. The second-order valence-corrected chi connectivity index (χ2v) is 7.89. The topological polar surface area (TPSA) is 72.9 Å². The van der Waals surface area contributed by atoms with Gasteiger partial charge >= 0.3 is 0 Å². The molecule has 2 rings (SSSR count). The van der Waals surface area contributed by atoms with E-state index in [0.29, 0.717) is 6.54 Å². The molecule has 26 heavy (non-hydrogen) atoms. The molecule has 0 saturated carbocycles. The van der Waals surface area contributed by atoms with Gasteiger partial charge in [-0.3, -0.25) is 14.7 Å². The maximum absolute atomic E-state index is 11.9. The number of hydrogen-bond donors (Lipinski definition) is 2. The van der Waals surface area contributed by atoms with Crippen molar-refractivity contribution in [2.45, 2.75) is 33.2 Å². The quantitative estimate of drug-likeness (QED) is 0.355. The Morgan fingerprint density at radius 1 is 1.35 bits per heavy atom. The van der Waals surface area contributed by atoms with Crippen molar-refractivity contribution in [2.75, 3.05) is 46.3 Å². The van der Waals surface area contributed by atoms with Crippen LogP contribution in [-0.2, 0) is 11.2 Å². The Balaban J connectivity index is 0.00000338. The number of rotatable bonds is 6. The highest BCUT2D eigenvalue weighted by Crippen LogP contribution is 2.11. The van der Waals surface area contributed by atoms with Gasteiger partial charge in [-0.1, -0.05) is 0 Å². The van der Waals surface area contributed by atoms with Gasteiger partial charge in [0.05, 0.1) is 11.6 Å². The number of amides is 1. The van der Waals surface area contributed by atoms with Crippen LogP contribution in [-0.4, -0.2) is 79.0 Å². The summed E-state index contributed by atoms with van der Waals surface area (Å²) in [4.78, 5) is 26.3. The van der Waals surface area contributed by atoms with E-state index in [1.165, 1.54) is 4.88 Å². The van der Waals surface area contributed by atoms with Crippen LogP contribution in [0.1, 0.15) is 23.7 Å². The van der Waals surface area contributed by atoms with Gasteiger partial charge in [-0.2, -0.15) is 0 Å². The van der Waals surface area contributed by atoms with Gasteiger partial charge < -0.3 is 15.5 Å². The number of carbonyl (C=O) groups is 1. The van der Waals surface area contributed by atoms with Crippen LogP contribution in [0.5, 0.6) is 0 Å². The molecule has 1 saturated heterocycles. The number of aryl methyl sites for hydroxylation is 1. The molecular formula is C17H31IN6OS.